The van der Waals surface area contributed by atoms with Crippen LogP contribution < -0.4 is 0 Å². The van der Waals surface area contributed by atoms with Gasteiger partial charge in [-0.15, -0.1) is 0 Å². The van der Waals surface area contributed by atoms with Crippen LogP contribution in [0.2, 0.25) is 0 Å². The minimum absolute atomic E-state index is 0.416. The molecule has 0 radical (unpaired) electrons. The van der Waals surface area contributed by atoms with Crippen LogP contribution in [0.4, 0.5) is 0 Å². The van der Waals surface area contributed by atoms with Crippen LogP contribution in [-0.2, 0) is 6.54 Å². The molecular weight excluding hydrogens is 214 g/mol. The van der Waals surface area contributed by atoms with Gasteiger partial charge in [0.05, 0.1) is 17.6 Å². The molecule has 4 nitrogen and oxygen atoms in total. The zero-order valence-electron chi connectivity index (χ0n) is 10.3. The number of imidazole rings is 1. The summed E-state index contributed by atoms with van der Waals surface area (Å²) in [5.74, 6) is 0.792. The molecule has 1 aromatic heterocycles. The van der Waals surface area contributed by atoms with Gasteiger partial charge >= 0.3 is 0 Å². The van der Waals surface area contributed by atoms with Gasteiger partial charge < -0.3 is 9.77 Å². The molecule has 2 heterocycles. The minimum Gasteiger partial charge on any atom is -0.623 e. The lowest BCUT2D eigenvalue weighted by Gasteiger charge is -2.30. The Hall–Kier alpha value is -1.84. The first-order valence-electron chi connectivity index (χ1n) is 5.77. The average molecular weight is 229 g/mol. The van der Waals surface area contributed by atoms with Crippen LogP contribution in [-0.4, -0.2) is 25.5 Å². The van der Waals surface area contributed by atoms with Crippen molar-refractivity contribution in [2.45, 2.75) is 32.9 Å². The Labute approximate surface area is 99.8 Å². The highest BCUT2D eigenvalue weighted by molar-refractivity contribution is 5.96. The van der Waals surface area contributed by atoms with Gasteiger partial charge in [-0.1, -0.05) is 12.1 Å². The van der Waals surface area contributed by atoms with E-state index in [1.54, 1.807) is 0 Å². The molecule has 0 bridgehead atoms. The standard InChI is InChI=1S/C13H15N3O/c1-9-12-14-10-6-4-5-7-11(10)15(12)8-13(2,3)16(9)17/h4-7H,8H2,1-3H3. The Morgan fingerprint density at radius 2 is 2.06 bits per heavy atom. The van der Waals surface area contributed by atoms with E-state index < -0.39 is 5.54 Å². The number of fused-ring (bicyclic) bond motifs is 3. The van der Waals surface area contributed by atoms with Gasteiger partial charge in [0.2, 0.25) is 11.5 Å². The largest absolute Gasteiger partial charge is 0.623 e. The fourth-order valence-corrected chi connectivity index (χ4v) is 2.51. The second-order valence-electron chi connectivity index (χ2n) is 5.20. The third kappa shape index (κ3) is 1.30. The third-order valence-electron chi connectivity index (χ3n) is 3.38. The molecule has 0 atom stereocenters. The van der Waals surface area contributed by atoms with E-state index in [0.29, 0.717) is 12.3 Å². The highest BCUT2D eigenvalue weighted by Crippen LogP contribution is 2.25. The first kappa shape index (κ1) is 10.3. The zero-order valence-corrected chi connectivity index (χ0v) is 10.3. The van der Waals surface area contributed by atoms with Crippen molar-refractivity contribution in [2.75, 3.05) is 0 Å². The van der Waals surface area contributed by atoms with Gasteiger partial charge in [-0.25, -0.2) is 4.98 Å². The number of nitrogens with zero attached hydrogens (tertiary/aromatic N) is 3. The van der Waals surface area contributed by atoms with Crippen molar-refractivity contribution < 1.29 is 4.74 Å². The topological polar surface area (TPSA) is 43.9 Å². The van der Waals surface area contributed by atoms with E-state index in [9.17, 15) is 5.21 Å². The molecule has 0 saturated heterocycles. The molecule has 1 aromatic carbocycles. The first-order chi connectivity index (χ1) is 8.00. The molecular formula is C13H15N3O. The summed E-state index contributed by atoms with van der Waals surface area (Å²) in [4.78, 5) is 4.53. The number of benzene rings is 1. The van der Waals surface area contributed by atoms with Crippen LogP contribution in [0.25, 0.3) is 11.0 Å². The van der Waals surface area contributed by atoms with Gasteiger partial charge in [0.15, 0.2) is 5.54 Å². The smallest absolute Gasteiger partial charge is 0.227 e. The molecule has 17 heavy (non-hydrogen) atoms. The van der Waals surface area contributed by atoms with E-state index in [1.165, 1.54) is 0 Å². The average Bonchev–Trinajstić information content (AvgIpc) is 2.65. The molecule has 0 saturated carbocycles. The van der Waals surface area contributed by atoms with Crippen molar-refractivity contribution in [1.82, 2.24) is 9.55 Å². The molecule has 1 aliphatic rings. The summed E-state index contributed by atoms with van der Waals surface area (Å²) in [6, 6.07) is 8.01. The summed E-state index contributed by atoms with van der Waals surface area (Å²) >= 11 is 0. The van der Waals surface area contributed by atoms with Crippen LogP contribution in [0.1, 0.15) is 26.6 Å². The predicted molar refractivity (Wildman–Crippen MR) is 67.2 cm³/mol. The number of rotatable bonds is 0. The summed E-state index contributed by atoms with van der Waals surface area (Å²) in [5.41, 5.74) is 2.33. The van der Waals surface area contributed by atoms with E-state index in [1.807, 2.05) is 39.0 Å². The molecule has 3 rings (SSSR count). The Kier molecular flexibility index (Phi) is 1.88. The highest BCUT2D eigenvalue weighted by atomic mass is 16.5. The molecule has 0 unspecified atom stereocenters. The van der Waals surface area contributed by atoms with E-state index in [-0.39, 0.29) is 0 Å². The first-order valence-corrected chi connectivity index (χ1v) is 5.77. The van der Waals surface area contributed by atoms with Crippen molar-refractivity contribution in [1.29, 1.82) is 0 Å². The zero-order chi connectivity index (χ0) is 12.2. The van der Waals surface area contributed by atoms with Crippen LogP contribution in [0.5, 0.6) is 0 Å². The van der Waals surface area contributed by atoms with E-state index >= 15 is 0 Å². The second kappa shape index (κ2) is 3.09. The molecule has 1 aliphatic heterocycles. The third-order valence-corrected chi connectivity index (χ3v) is 3.38. The number of hydrogen-bond acceptors (Lipinski definition) is 2. The molecule has 0 amide bonds. The number of aromatic nitrogens is 2. The lowest BCUT2D eigenvalue weighted by Crippen LogP contribution is -2.45. The van der Waals surface area contributed by atoms with Crippen LogP contribution in [0, 0.1) is 5.21 Å². The van der Waals surface area contributed by atoms with Crippen molar-refractivity contribution in [3.63, 3.8) is 0 Å². The summed E-state index contributed by atoms with van der Waals surface area (Å²) in [6.07, 6.45) is 0. The molecule has 0 aliphatic carbocycles. The monoisotopic (exact) mass is 229 g/mol. The Bertz CT molecular complexity index is 637. The maximum atomic E-state index is 12.1. The Morgan fingerprint density at radius 3 is 2.82 bits per heavy atom. The van der Waals surface area contributed by atoms with E-state index in [4.69, 9.17) is 0 Å². The Morgan fingerprint density at radius 1 is 1.35 bits per heavy atom. The number of para-hydroxylation sites is 2. The molecule has 4 heteroatoms. The molecule has 0 N–H and O–H groups in total. The van der Waals surface area contributed by atoms with Crippen LogP contribution in [0.15, 0.2) is 24.3 Å². The van der Waals surface area contributed by atoms with Crippen molar-refractivity contribution >= 4 is 16.7 Å². The molecule has 2 aromatic rings. The molecule has 0 fully saturated rings. The fraction of sp³-hybridized carbons (Fsp3) is 0.385. The number of hydroxylamine groups is 1. The highest BCUT2D eigenvalue weighted by Gasteiger charge is 2.37. The minimum atomic E-state index is -0.416. The van der Waals surface area contributed by atoms with Crippen LogP contribution >= 0.6 is 0 Å². The van der Waals surface area contributed by atoms with E-state index in [2.05, 4.69) is 15.6 Å². The van der Waals surface area contributed by atoms with Gasteiger partial charge in [-0.3, -0.25) is 0 Å². The fourth-order valence-electron chi connectivity index (χ4n) is 2.51. The number of hydrogen-bond donors (Lipinski definition) is 0. The lowest BCUT2D eigenvalue weighted by atomic mass is 10.0. The second-order valence-corrected chi connectivity index (χ2v) is 5.20. The maximum absolute atomic E-state index is 12.1. The van der Waals surface area contributed by atoms with Crippen LogP contribution in [0.3, 0.4) is 0 Å². The van der Waals surface area contributed by atoms with Crippen molar-refractivity contribution in [3.05, 3.63) is 35.3 Å². The predicted octanol–water partition coefficient (Wildman–Crippen LogP) is 2.15. The SMILES string of the molecule is CC1=[N+]([O-])C(C)(C)Cn2c1nc1ccccc12. The summed E-state index contributed by atoms with van der Waals surface area (Å²) in [5, 5.41) is 12.1. The summed E-state index contributed by atoms with van der Waals surface area (Å²) in [6.45, 7) is 6.43. The Balaban J connectivity index is 2.36. The van der Waals surface area contributed by atoms with Gasteiger partial charge in [-0.2, -0.15) is 4.74 Å². The van der Waals surface area contributed by atoms with Gasteiger partial charge in [0, 0.05) is 20.8 Å². The van der Waals surface area contributed by atoms with Gasteiger partial charge in [-0.05, 0) is 12.1 Å². The van der Waals surface area contributed by atoms with Crippen molar-refractivity contribution in [2.24, 2.45) is 0 Å². The lowest BCUT2D eigenvalue weighted by molar-refractivity contribution is -0.546. The molecule has 88 valence electrons. The summed E-state index contributed by atoms with van der Waals surface area (Å²) in [7, 11) is 0. The van der Waals surface area contributed by atoms with Crippen molar-refractivity contribution in [3.8, 4) is 0 Å². The quantitative estimate of drug-likeness (QED) is 0.513. The molecule has 0 spiro atoms. The van der Waals surface area contributed by atoms with E-state index in [0.717, 1.165) is 21.6 Å². The summed E-state index contributed by atoms with van der Waals surface area (Å²) < 4.78 is 3.22. The normalized spacial score (nSPS) is 18.5. The van der Waals surface area contributed by atoms with Gasteiger partial charge in [0.25, 0.3) is 0 Å². The maximum Gasteiger partial charge on any atom is 0.227 e. The van der Waals surface area contributed by atoms with Gasteiger partial charge in [0.1, 0.15) is 0 Å².